The van der Waals surface area contributed by atoms with Crippen LogP contribution in [-0.2, 0) is 19.4 Å². The molecule has 0 aliphatic carbocycles. The Morgan fingerprint density at radius 2 is 1.82 bits per heavy atom. The van der Waals surface area contributed by atoms with Crippen LogP contribution >= 0.6 is 11.8 Å². The van der Waals surface area contributed by atoms with Gasteiger partial charge in [0.1, 0.15) is 5.82 Å². The number of sulfone groups is 1. The van der Waals surface area contributed by atoms with Crippen LogP contribution in [0.25, 0.3) is 5.52 Å². The van der Waals surface area contributed by atoms with E-state index in [2.05, 4.69) is 0 Å². The summed E-state index contributed by atoms with van der Waals surface area (Å²) in [5.41, 5.74) is 2.36. The van der Waals surface area contributed by atoms with Crippen LogP contribution in [0.1, 0.15) is 24.0 Å². The average molecular weight is 422 g/mol. The fourth-order valence-corrected chi connectivity index (χ4v) is 4.82. The zero-order valence-electron chi connectivity index (χ0n) is 15.9. The SMILES string of the molecule is COC(=O)[C@@H](C)c1c(C)c(Sc2ccc(S(C)(=O)=O)cc2)n2cc(F)ccc12. The highest BCUT2D eigenvalue weighted by molar-refractivity contribution is 7.99. The number of halogens is 1. The molecule has 0 fully saturated rings. The van der Waals surface area contributed by atoms with E-state index < -0.39 is 21.6 Å². The molecule has 1 aromatic carbocycles. The number of carbonyl (C=O) groups excluding carboxylic acids is 1. The molecule has 0 spiro atoms. The van der Waals surface area contributed by atoms with E-state index in [0.29, 0.717) is 0 Å². The molecule has 148 valence electrons. The number of carbonyl (C=O) groups is 1. The number of aromatic nitrogens is 1. The number of methoxy groups -OCH3 is 1. The third-order valence-electron chi connectivity index (χ3n) is 4.59. The lowest BCUT2D eigenvalue weighted by molar-refractivity contribution is -0.141. The van der Waals surface area contributed by atoms with Crippen molar-refractivity contribution in [2.45, 2.75) is 34.6 Å². The number of rotatable bonds is 5. The first-order valence-electron chi connectivity index (χ1n) is 8.49. The van der Waals surface area contributed by atoms with Crippen LogP contribution in [0, 0.1) is 12.7 Å². The minimum absolute atomic E-state index is 0.236. The van der Waals surface area contributed by atoms with Crippen molar-refractivity contribution in [2.75, 3.05) is 13.4 Å². The predicted octanol–water partition coefficient (Wildman–Crippen LogP) is 4.22. The van der Waals surface area contributed by atoms with Crippen molar-refractivity contribution in [1.82, 2.24) is 4.40 Å². The number of benzene rings is 1. The number of esters is 1. The van der Waals surface area contributed by atoms with Gasteiger partial charge in [0.25, 0.3) is 0 Å². The maximum atomic E-state index is 13.9. The van der Waals surface area contributed by atoms with Gasteiger partial charge in [-0.05, 0) is 61.4 Å². The molecule has 0 aliphatic heterocycles. The normalized spacial score (nSPS) is 12.9. The largest absolute Gasteiger partial charge is 0.469 e. The zero-order chi connectivity index (χ0) is 20.6. The lowest BCUT2D eigenvalue weighted by Crippen LogP contribution is -2.11. The quantitative estimate of drug-likeness (QED) is 0.577. The molecule has 2 heterocycles. The predicted molar refractivity (Wildman–Crippen MR) is 106 cm³/mol. The summed E-state index contributed by atoms with van der Waals surface area (Å²) in [5, 5.41) is 0.757. The summed E-state index contributed by atoms with van der Waals surface area (Å²) >= 11 is 1.38. The third-order valence-corrected chi connectivity index (χ3v) is 6.92. The molecule has 0 saturated heterocycles. The van der Waals surface area contributed by atoms with Crippen LogP contribution in [-0.4, -0.2) is 32.2 Å². The van der Waals surface area contributed by atoms with E-state index in [4.69, 9.17) is 4.74 Å². The summed E-state index contributed by atoms with van der Waals surface area (Å²) in [6, 6.07) is 9.51. The summed E-state index contributed by atoms with van der Waals surface area (Å²) in [4.78, 5) is 13.1. The van der Waals surface area contributed by atoms with Crippen LogP contribution in [0.2, 0.25) is 0 Å². The van der Waals surface area contributed by atoms with Crippen molar-refractivity contribution in [2.24, 2.45) is 0 Å². The van der Waals surface area contributed by atoms with Crippen molar-refractivity contribution < 1.29 is 22.3 Å². The number of hydrogen-bond acceptors (Lipinski definition) is 5. The topological polar surface area (TPSA) is 64.9 Å². The molecule has 8 heteroatoms. The van der Waals surface area contributed by atoms with Gasteiger partial charge in [0, 0.05) is 17.3 Å². The average Bonchev–Trinajstić information content (AvgIpc) is 2.91. The van der Waals surface area contributed by atoms with E-state index in [-0.39, 0.29) is 10.9 Å². The molecule has 0 saturated carbocycles. The van der Waals surface area contributed by atoms with E-state index in [0.717, 1.165) is 32.8 Å². The standard InChI is InChI=1S/C20H20FNO4S2/c1-12-18(13(2)20(23)26-3)17-10-5-14(21)11-22(17)19(12)27-15-6-8-16(9-7-15)28(4,24)25/h5-11,13H,1-4H3/t13-/m0/s1. The molecule has 0 N–H and O–H groups in total. The first-order chi connectivity index (χ1) is 13.1. The monoisotopic (exact) mass is 421 g/mol. The Labute approximate surface area is 167 Å². The number of ether oxygens (including phenoxy) is 1. The van der Waals surface area contributed by atoms with Gasteiger partial charge in [-0.2, -0.15) is 0 Å². The van der Waals surface area contributed by atoms with Crippen molar-refractivity contribution >= 4 is 33.1 Å². The first kappa shape index (κ1) is 20.4. The van der Waals surface area contributed by atoms with Gasteiger partial charge in [-0.15, -0.1) is 0 Å². The molecule has 0 unspecified atom stereocenters. The molecular formula is C20H20FNO4S2. The number of pyridine rings is 1. The number of nitrogens with zero attached hydrogens (tertiary/aromatic N) is 1. The first-order valence-corrected chi connectivity index (χ1v) is 11.2. The van der Waals surface area contributed by atoms with Crippen LogP contribution in [0.5, 0.6) is 0 Å². The lowest BCUT2D eigenvalue weighted by Gasteiger charge is -2.10. The number of hydrogen-bond donors (Lipinski definition) is 0. The van der Waals surface area contributed by atoms with Crippen LogP contribution < -0.4 is 0 Å². The van der Waals surface area contributed by atoms with Gasteiger partial charge in [-0.25, -0.2) is 12.8 Å². The van der Waals surface area contributed by atoms with E-state index in [9.17, 15) is 17.6 Å². The number of fused-ring (bicyclic) bond motifs is 1. The van der Waals surface area contributed by atoms with Gasteiger partial charge in [0.15, 0.2) is 9.84 Å². The minimum atomic E-state index is -3.28. The molecule has 1 atom stereocenters. The Morgan fingerprint density at radius 1 is 1.18 bits per heavy atom. The van der Waals surface area contributed by atoms with E-state index >= 15 is 0 Å². The Bertz CT molecular complexity index is 1150. The van der Waals surface area contributed by atoms with Crippen molar-refractivity contribution in [3.8, 4) is 0 Å². The highest BCUT2D eigenvalue weighted by Gasteiger charge is 2.25. The minimum Gasteiger partial charge on any atom is -0.469 e. The molecule has 2 aromatic heterocycles. The Balaban J connectivity index is 2.11. The van der Waals surface area contributed by atoms with Crippen LogP contribution in [0.15, 0.2) is 57.4 Å². The van der Waals surface area contributed by atoms with Gasteiger partial charge < -0.3 is 9.14 Å². The maximum absolute atomic E-state index is 13.9. The van der Waals surface area contributed by atoms with Gasteiger partial charge in [0.05, 0.1) is 28.5 Å². The van der Waals surface area contributed by atoms with E-state index in [1.165, 1.54) is 31.1 Å². The van der Waals surface area contributed by atoms with Crippen molar-refractivity contribution in [3.63, 3.8) is 0 Å². The van der Waals surface area contributed by atoms with Gasteiger partial charge in [-0.3, -0.25) is 4.79 Å². The van der Waals surface area contributed by atoms with E-state index in [1.54, 1.807) is 41.7 Å². The Morgan fingerprint density at radius 3 is 2.39 bits per heavy atom. The molecule has 28 heavy (non-hydrogen) atoms. The molecule has 0 bridgehead atoms. The highest BCUT2D eigenvalue weighted by Crippen LogP contribution is 2.39. The Hall–Kier alpha value is -2.32. The molecule has 0 aliphatic rings. The van der Waals surface area contributed by atoms with Crippen LogP contribution in [0.4, 0.5) is 4.39 Å². The fraction of sp³-hybridized carbons (Fsp3) is 0.250. The summed E-state index contributed by atoms with van der Waals surface area (Å²) in [6.45, 7) is 3.64. The van der Waals surface area contributed by atoms with Crippen LogP contribution in [0.3, 0.4) is 0 Å². The summed E-state index contributed by atoms with van der Waals surface area (Å²) < 4.78 is 43.8. The second-order valence-corrected chi connectivity index (χ2v) is 9.61. The zero-order valence-corrected chi connectivity index (χ0v) is 17.5. The second-order valence-electron chi connectivity index (χ2n) is 6.54. The van der Waals surface area contributed by atoms with E-state index in [1.807, 2.05) is 6.92 Å². The fourth-order valence-electron chi connectivity index (χ4n) is 3.18. The summed E-state index contributed by atoms with van der Waals surface area (Å²) in [7, 11) is -1.94. The molecule has 0 radical (unpaired) electrons. The van der Waals surface area contributed by atoms with Crippen molar-refractivity contribution in [3.05, 3.63) is 59.5 Å². The van der Waals surface area contributed by atoms with Crippen molar-refractivity contribution in [1.29, 1.82) is 0 Å². The highest BCUT2D eigenvalue weighted by atomic mass is 32.2. The maximum Gasteiger partial charge on any atom is 0.312 e. The smallest absolute Gasteiger partial charge is 0.312 e. The Kier molecular flexibility index (Phi) is 5.54. The molecule has 0 amide bonds. The molecule has 3 aromatic rings. The molecule has 5 nitrogen and oxygen atoms in total. The molecular weight excluding hydrogens is 401 g/mol. The summed E-state index contributed by atoms with van der Waals surface area (Å²) in [6.07, 6.45) is 2.53. The van der Waals surface area contributed by atoms with Gasteiger partial charge in [-0.1, -0.05) is 11.8 Å². The third kappa shape index (κ3) is 3.79. The lowest BCUT2D eigenvalue weighted by atomic mass is 9.99. The second kappa shape index (κ2) is 7.60. The van der Waals surface area contributed by atoms with Gasteiger partial charge >= 0.3 is 5.97 Å². The van der Waals surface area contributed by atoms with Gasteiger partial charge in [0.2, 0.25) is 0 Å². The molecule has 3 rings (SSSR count). The summed E-state index contributed by atoms with van der Waals surface area (Å²) in [5.74, 6) is -1.27.